The normalized spacial score (nSPS) is 11.1. The number of fused-ring (bicyclic) bond motifs is 1. The molecular weight excluding hydrogens is 373 g/mol. The van der Waals surface area contributed by atoms with Gasteiger partial charge in [-0.25, -0.2) is 9.37 Å². The Bertz CT molecular complexity index is 1100. The molecule has 8 heteroatoms. The summed E-state index contributed by atoms with van der Waals surface area (Å²) in [6.07, 6.45) is 0. The Morgan fingerprint density at radius 1 is 1.30 bits per heavy atom. The van der Waals surface area contributed by atoms with E-state index in [-0.39, 0.29) is 40.5 Å². The SMILES string of the molecule is CC(C)NC(=O)Cn1c(-c2ccc(F)c(Cl)c2)nc2ccc(O)cc2c1=O. The van der Waals surface area contributed by atoms with Crippen molar-refractivity contribution in [1.29, 1.82) is 0 Å². The van der Waals surface area contributed by atoms with Gasteiger partial charge in [-0.15, -0.1) is 0 Å². The molecular formula is C19H17ClFN3O3. The van der Waals surface area contributed by atoms with Gasteiger partial charge in [0.05, 0.1) is 15.9 Å². The van der Waals surface area contributed by atoms with Crippen LogP contribution < -0.4 is 10.9 Å². The van der Waals surface area contributed by atoms with E-state index in [0.717, 1.165) is 0 Å². The van der Waals surface area contributed by atoms with Gasteiger partial charge in [0.15, 0.2) is 0 Å². The second-order valence-corrected chi connectivity index (χ2v) is 6.79. The number of phenolic OH excluding ortho intramolecular Hbond substituents is 1. The molecule has 6 nitrogen and oxygen atoms in total. The summed E-state index contributed by atoms with van der Waals surface area (Å²) < 4.78 is 14.7. The van der Waals surface area contributed by atoms with Crippen molar-refractivity contribution in [3.05, 3.63) is 57.6 Å². The number of hydrogen-bond donors (Lipinski definition) is 2. The highest BCUT2D eigenvalue weighted by Gasteiger charge is 2.17. The molecule has 2 aromatic carbocycles. The van der Waals surface area contributed by atoms with Crippen molar-refractivity contribution in [3.8, 4) is 17.1 Å². The van der Waals surface area contributed by atoms with Gasteiger partial charge in [-0.05, 0) is 50.2 Å². The molecule has 1 aromatic heterocycles. The van der Waals surface area contributed by atoms with Crippen molar-refractivity contribution in [2.75, 3.05) is 0 Å². The summed E-state index contributed by atoms with van der Waals surface area (Å²) in [6, 6.07) is 8.06. The van der Waals surface area contributed by atoms with E-state index in [1.807, 2.05) is 0 Å². The molecule has 27 heavy (non-hydrogen) atoms. The van der Waals surface area contributed by atoms with Gasteiger partial charge in [-0.2, -0.15) is 0 Å². The number of benzene rings is 2. The lowest BCUT2D eigenvalue weighted by atomic mass is 10.1. The van der Waals surface area contributed by atoms with Gasteiger partial charge in [0, 0.05) is 11.6 Å². The molecule has 1 heterocycles. The number of phenols is 1. The van der Waals surface area contributed by atoms with Crippen LogP contribution in [0.4, 0.5) is 4.39 Å². The fourth-order valence-electron chi connectivity index (χ4n) is 2.72. The maximum absolute atomic E-state index is 13.5. The van der Waals surface area contributed by atoms with Crippen LogP contribution in [0.3, 0.4) is 0 Å². The van der Waals surface area contributed by atoms with Crippen molar-refractivity contribution < 1.29 is 14.3 Å². The summed E-state index contributed by atoms with van der Waals surface area (Å²) in [5, 5.41) is 12.5. The number of aromatic nitrogens is 2. The summed E-state index contributed by atoms with van der Waals surface area (Å²) in [7, 11) is 0. The van der Waals surface area contributed by atoms with Crippen LogP contribution in [0, 0.1) is 5.82 Å². The standard InChI is InChI=1S/C19H17ClFN3O3/c1-10(2)22-17(26)9-24-18(11-3-5-15(21)14(20)7-11)23-16-6-4-12(25)8-13(16)19(24)27/h3-8,10,25H,9H2,1-2H3,(H,22,26). The van der Waals surface area contributed by atoms with Crippen LogP contribution in [0.2, 0.25) is 5.02 Å². The lowest BCUT2D eigenvalue weighted by Gasteiger charge is -2.15. The summed E-state index contributed by atoms with van der Waals surface area (Å²) in [4.78, 5) is 29.7. The van der Waals surface area contributed by atoms with Gasteiger partial charge >= 0.3 is 0 Å². The van der Waals surface area contributed by atoms with E-state index < -0.39 is 11.4 Å². The number of nitrogens with one attached hydrogen (secondary N) is 1. The highest BCUT2D eigenvalue weighted by Crippen LogP contribution is 2.25. The lowest BCUT2D eigenvalue weighted by molar-refractivity contribution is -0.122. The van der Waals surface area contributed by atoms with Gasteiger partial charge in [0.2, 0.25) is 5.91 Å². The molecule has 0 fully saturated rings. The molecule has 3 aromatic rings. The summed E-state index contributed by atoms with van der Waals surface area (Å²) in [6.45, 7) is 3.33. The molecule has 140 valence electrons. The quantitative estimate of drug-likeness (QED) is 0.718. The molecule has 0 spiro atoms. The first-order chi connectivity index (χ1) is 12.8. The fourth-order valence-corrected chi connectivity index (χ4v) is 2.90. The zero-order valence-corrected chi connectivity index (χ0v) is 15.4. The average molecular weight is 390 g/mol. The number of carbonyl (C=O) groups excluding carboxylic acids is 1. The van der Waals surface area contributed by atoms with E-state index in [0.29, 0.717) is 11.1 Å². The molecule has 0 aliphatic heterocycles. The number of carbonyl (C=O) groups is 1. The summed E-state index contributed by atoms with van der Waals surface area (Å²) >= 11 is 5.87. The Balaban J connectivity index is 2.24. The number of amides is 1. The first-order valence-corrected chi connectivity index (χ1v) is 8.62. The first kappa shape index (κ1) is 18.8. The Morgan fingerprint density at radius 3 is 2.70 bits per heavy atom. The maximum atomic E-state index is 13.5. The molecule has 0 unspecified atom stereocenters. The van der Waals surface area contributed by atoms with Crippen LogP contribution in [0.25, 0.3) is 22.3 Å². The Kier molecular flexibility index (Phi) is 5.14. The number of nitrogens with zero attached hydrogens (tertiary/aromatic N) is 2. The molecule has 0 saturated carbocycles. The van der Waals surface area contributed by atoms with Crippen molar-refractivity contribution in [3.63, 3.8) is 0 Å². The van der Waals surface area contributed by atoms with Crippen LogP contribution in [-0.2, 0) is 11.3 Å². The van der Waals surface area contributed by atoms with Crippen molar-refractivity contribution in [1.82, 2.24) is 14.9 Å². The van der Waals surface area contributed by atoms with E-state index >= 15 is 0 Å². The molecule has 0 aliphatic rings. The zero-order valence-electron chi connectivity index (χ0n) is 14.7. The number of rotatable bonds is 4. The molecule has 1 amide bonds. The molecule has 2 N–H and O–H groups in total. The van der Waals surface area contributed by atoms with E-state index in [9.17, 15) is 19.1 Å². The molecule has 0 radical (unpaired) electrons. The van der Waals surface area contributed by atoms with Crippen LogP contribution in [0.15, 0.2) is 41.2 Å². The van der Waals surface area contributed by atoms with E-state index in [1.165, 1.54) is 41.0 Å². The largest absolute Gasteiger partial charge is 0.508 e. The van der Waals surface area contributed by atoms with Gasteiger partial charge < -0.3 is 10.4 Å². The summed E-state index contributed by atoms with van der Waals surface area (Å²) in [5.74, 6) is -0.878. The van der Waals surface area contributed by atoms with Crippen molar-refractivity contribution >= 4 is 28.4 Å². The number of aromatic hydroxyl groups is 1. The van der Waals surface area contributed by atoms with Crippen molar-refractivity contribution in [2.45, 2.75) is 26.4 Å². The minimum Gasteiger partial charge on any atom is -0.508 e. The van der Waals surface area contributed by atoms with Gasteiger partial charge in [0.1, 0.15) is 23.9 Å². The van der Waals surface area contributed by atoms with Gasteiger partial charge in [-0.1, -0.05) is 11.6 Å². The topological polar surface area (TPSA) is 84.2 Å². The lowest BCUT2D eigenvalue weighted by Crippen LogP contribution is -2.37. The second-order valence-electron chi connectivity index (χ2n) is 6.38. The Labute approximate surface area is 159 Å². The van der Waals surface area contributed by atoms with Gasteiger partial charge in [0.25, 0.3) is 5.56 Å². The summed E-state index contributed by atoms with van der Waals surface area (Å²) in [5.41, 5.74) is 0.241. The van der Waals surface area contributed by atoms with Crippen LogP contribution in [-0.4, -0.2) is 26.6 Å². The predicted molar refractivity (Wildman–Crippen MR) is 101 cm³/mol. The number of halogens is 2. The van der Waals surface area contributed by atoms with E-state index in [1.54, 1.807) is 13.8 Å². The molecule has 3 rings (SSSR count). The first-order valence-electron chi connectivity index (χ1n) is 8.24. The van der Waals surface area contributed by atoms with Crippen molar-refractivity contribution in [2.24, 2.45) is 0 Å². The van der Waals surface area contributed by atoms with Crippen LogP contribution in [0.1, 0.15) is 13.8 Å². The minimum atomic E-state index is -0.599. The van der Waals surface area contributed by atoms with Crippen LogP contribution >= 0.6 is 11.6 Å². The van der Waals surface area contributed by atoms with Gasteiger partial charge in [-0.3, -0.25) is 14.2 Å². The highest BCUT2D eigenvalue weighted by atomic mass is 35.5. The average Bonchev–Trinajstić information content (AvgIpc) is 2.59. The third-order valence-electron chi connectivity index (χ3n) is 3.87. The monoisotopic (exact) mass is 389 g/mol. The third-order valence-corrected chi connectivity index (χ3v) is 4.16. The highest BCUT2D eigenvalue weighted by molar-refractivity contribution is 6.31. The molecule has 0 atom stereocenters. The molecule has 0 saturated heterocycles. The second kappa shape index (κ2) is 7.36. The van der Waals surface area contributed by atoms with E-state index in [2.05, 4.69) is 10.3 Å². The molecule has 0 aliphatic carbocycles. The smallest absolute Gasteiger partial charge is 0.262 e. The Morgan fingerprint density at radius 2 is 2.04 bits per heavy atom. The molecule has 0 bridgehead atoms. The maximum Gasteiger partial charge on any atom is 0.262 e. The Hall–Kier alpha value is -2.93. The third kappa shape index (κ3) is 3.93. The van der Waals surface area contributed by atoms with Crippen LogP contribution in [0.5, 0.6) is 5.75 Å². The zero-order chi connectivity index (χ0) is 19.7. The minimum absolute atomic E-state index is 0.0860. The number of hydrogen-bond acceptors (Lipinski definition) is 4. The van der Waals surface area contributed by atoms with E-state index in [4.69, 9.17) is 11.6 Å². The predicted octanol–water partition coefficient (Wildman–Crippen LogP) is 3.09. The fraction of sp³-hybridized carbons (Fsp3) is 0.211.